The predicted molar refractivity (Wildman–Crippen MR) is 84.2 cm³/mol. The lowest BCUT2D eigenvalue weighted by Gasteiger charge is -2.29. The summed E-state index contributed by atoms with van der Waals surface area (Å²) in [5, 5.41) is 0. The summed E-state index contributed by atoms with van der Waals surface area (Å²) in [6.45, 7) is 6.56. The van der Waals surface area contributed by atoms with E-state index in [1.165, 1.54) is 12.1 Å². The van der Waals surface area contributed by atoms with Gasteiger partial charge < -0.3 is 15.4 Å². The van der Waals surface area contributed by atoms with Crippen LogP contribution in [0.3, 0.4) is 0 Å². The lowest BCUT2D eigenvalue weighted by molar-refractivity contribution is -0.133. The van der Waals surface area contributed by atoms with Gasteiger partial charge in [0.2, 0.25) is 5.91 Å². The molecule has 0 radical (unpaired) electrons. The highest BCUT2D eigenvalue weighted by Crippen LogP contribution is 2.18. The summed E-state index contributed by atoms with van der Waals surface area (Å²) in [5.41, 5.74) is 5.65. The number of benzene rings is 1. The van der Waals surface area contributed by atoms with Crippen molar-refractivity contribution < 1.29 is 13.9 Å². The van der Waals surface area contributed by atoms with E-state index in [9.17, 15) is 9.18 Å². The van der Waals surface area contributed by atoms with Crippen molar-refractivity contribution in [2.75, 3.05) is 20.2 Å². The van der Waals surface area contributed by atoms with Gasteiger partial charge in [0.25, 0.3) is 0 Å². The van der Waals surface area contributed by atoms with E-state index >= 15 is 0 Å². The molecule has 0 saturated carbocycles. The normalized spacial score (nSPS) is 12.3. The highest BCUT2D eigenvalue weighted by atomic mass is 35.5. The number of hydrogen-bond donors (Lipinski definition) is 1. The Hall–Kier alpha value is -1.33. The second-order valence-electron chi connectivity index (χ2n) is 5.91. The molecule has 21 heavy (non-hydrogen) atoms. The number of rotatable bonds is 5. The van der Waals surface area contributed by atoms with E-state index in [4.69, 9.17) is 10.5 Å². The van der Waals surface area contributed by atoms with E-state index in [-0.39, 0.29) is 29.5 Å². The second-order valence-corrected chi connectivity index (χ2v) is 5.91. The Morgan fingerprint density at radius 1 is 1.33 bits per heavy atom. The molecular weight excluding hydrogens is 295 g/mol. The van der Waals surface area contributed by atoms with Crippen LogP contribution in [0.1, 0.15) is 20.8 Å². The van der Waals surface area contributed by atoms with E-state index in [1.54, 1.807) is 24.1 Å². The highest BCUT2D eigenvalue weighted by molar-refractivity contribution is 5.85. The fraction of sp³-hybridized carbons (Fsp3) is 0.533. The summed E-state index contributed by atoms with van der Waals surface area (Å²) < 4.78 is 18.2. The largest absolute Gasteiger partial charge is 0.492 e. The van der Waals surface area contributed by atoms with Crippen LogP contribution in [0.5, 0.6) is 5.75 Å². The average molecular weight is 319 g/mol. The van der Waals surface area contributed by atoms with E-state index in [0.717, 1.165) is 0 Å². The molecule has 120 valence electrons. The second kappa shape index (κ2) is 8.20. The maximum atomic E-state index is 12.7. The molecule has 1 rings (SSSR count). The molecular formula is C15H24ClFN2O2. The van der Waals surface area contributed by atoms with Crippen molar-refractivity contribution in [3.8, 4) is 5.75 Å². The van der Waals surface area contributed by atoms with Gasteiger partial charge in [0.15, 0.2) is 0 Å². The van der Waals surface area contributed by atoms with Gasteiger partial charge in [-0.2, -0.15) is 0 Å². The first-order valence-electron chi connectivity index (χ1n) is 6.61. The lowest BCUT2D eigenvalue weighted by atomic mass is 9.86. The quantitative estimate of drug-likeness (QED) is 0.907. The minimum Gasteiger partial charge on any atom is -0.492 e. The van der Waals surface area contributed by atoms with Crippen LogP contribution in [0, 0.1) is 11.2 Å². The zero-order chi connectivity index (χ0) is 15.3. The van der Waals surface area contributed by atoms with Crippen molar-refractivity contribution in [3.63, 3.8) is 0 Å². The fourth-order valence-corrected chi connectivity index (χ4v) is 1.55. The Balaban J connectivity index is 0.00000400. The van der Waals surface area contributed by atoms with Gasteiger partial charge in [-0.15, -0.1) is 12.4 Å². The molecule has 0 saturated heterocycles. The topological polar surface area (TPSA) is 55.6 Å². The molecule has 1 aromatic rings. The minimum absolute atomic E-state index is 0. The number of carbonyl (C=O) groups is 1. The van der Waals surface area contributed by atoms with Crippen LogP contribution in [-0.2, 0) is 4.79 Å². The summed E-state index contributed by atoms with van der Waals surface area (Å²) in [6.07, 6.45) is 0. The minimum atomic E-state index is -0.543. The van der Waals surface area contributed by atoms with E-state index in [0.29, 0.717) is 18.9 Å². The summed E-state index contributed by atoms with van der Waals surface area (Å²) in [7, 11) is 1.70. The molecule has 0 fully saturated rings. The Kier molecular flexibility index (Phi) is 7.68. The zero-order valence-corrected chi connectivity index (χ0v) is 13.7. The third kappa shape index (κ3) is 6.31. The molecule has 2 N–H and O–H groups in total. The van der Waals surface area contributed by atoms with Gasteiger partial charge in [-0.25, -0.2) is 4.39 Å². The van der Waals surface area contributed by atoms with Crippen molar-refractivity contribution in [1.29, 1.82) is 0 Å². The summed E-state index contributed by atoms with van der Waals surface area (Å²) in [4.78, 5) is 13.6. The number of nitrogens with zero attached hydrogens (tertiary/aromatic N) is 1. The molecule has 1 atom stereocenters. The lowest BCUT2D eigenvalue weighted by Crippen LogP contribution is -2.49. The molecule has 0 aliphatic heterocycles. The molecule has 0 heterocycles. The molecule has 0 spiro atoms. The maximum absolute atomic E-state index is 12.7. The van der Waals surface area contributed by atoms with Crippen LogP contribution < -0.4 is 10.5 Å². The zero-order valence-electron chi connectivity index (χ0n) is 12.9. The van der Waals surface area contributed by atoms with Crippen molar-refractivity contribution in [1.82, 2.24) is 4.90 Å². The summed E-state index contributed by atoms with van der Waals surface area (Å²) in [5.74, 6) is 0.161. The molecule has 0 aliphatic carbocycles. The first-order chi connectivity index (χ1) is 9.21. The number of ether oxygens (including phenoxy) is 1. The number of nitrogens with two attached hydrogens (primary N) is 1. The monoisotopic (exact) mass is 318 g/mol. The van der Waals surface area contributed by atoms with Gasteiger partial charge >= 0.3 is 0 Å². The predicted octanol–water partition coefficient (Wildman–Crippen LogP) is 2.46. The molecule has 0 aromatic heterocycles. The van der Waals surface area contributed by atoms with Crippen molar-refractivity contribution >= 4 is 18.3 Å². The average Bonchev–Trinajstić information content (AvgIpc) is 2.38. The van der Waals surface area contributed by atoms with E-state index in [1.807, 2.05) is 20.8 Å². The maximum Gasteiger partial charge on any atom is 0.239 e. The first kappa shape index (κ1) is 19.7. The molecule has 0 aliphatic rings. The third-order valence-corrected chi connectivity index (χ3v) is 3.08. The van der Waals surface area contributed by atoms with Crippen molar-refractivity contribution in [2.24, 2.45) is 11.1 Å². The highest BCUT2D eigenvalue weighted by Gasteiger charge is 2.29. The fourth-order valence-electron chi connectivity index (χ4n) is 1.55. The van der Waals surface area contributed by atoms with Crippen LogP contribution >= 0.6 is 12.4 Å². The Labute approximate surface area is 131 Å². The third-order valence-electron chi connectivity index (χ3n) is 3.08. The van der Waals surface area contributed by atoms with Crippen LogP contribution in [0.2, 0.25) is 0 Å². The Morgan fingerprint density at radius 3 is 2.33 bits per heavy atom. The standard InChI is InChI=1S/C15H23FN2O2.ClH/c1-15(2,3)13(17)14(19)18(4)9-10-20-12-7-5-11(16)6-8-12;/h5-8,13H,9-10,17H2,1-4H3;1H/t13-;/m1./s1. The van der Waals surface area contributed by atoms with Gasteiger partial charge in [0, 0.05) is 7.05 Å². The molecule has 0 bridgehead atoms. The van der Waals surface area contributed by atoms with Crippen molar-refractivity contribution in [3.05, 3.63) is 30.1 Å². The number of amides is 1. The van der Waals surface area contributed by atoms with Crippen LogP contribution in [0.4, 0.5) is 4.39 Å². The van der Waals surface area contributed by atoms with E-state index < -0.39 is 6.04 Å². The summed E-state index contributed by atoms with van der Waals surface area (Å²) >= 11 is 0. The van der Waals surface area contributed by atoms with Gasteiger partial charge in [-0.3, -0.25) is 4.79 Å². The van der Waals surface area contributed by atoms with Crippen LogP contribution in [0.25, 0.3) is 0 Å². The molecule has 0 unspecified atom stereocenters. The van der Waals surface area contributed by atoms with Crippen LogP contribution in [0.15, 0.2) is 24.3 Å². The molecule has 6 heteroatoms. The Bertz CT molecular complexity index is 446. The van der Waals surface area contributed by atoms with Gasteiger partial charge in [0.05, 0.1) is 12.6 Å². The number of likely N-dealkylation sites (N-methyl/N-ethyl adjacent to an activating group) is 1. The number of carbonyl (C=O) groups excluding carboxylic acids is 1. The number of halogens is 2. The van der Waals surface area contributed by atoms with Gasteiger partial charge in [-0.1, -0.05) is 20.8 Å². The van der Waals surface area contributed by atoms with Gasteiger partial charge in [0.1, 0.15) is 18.2 Å². The smallest absolute Gasteiger partial charge is 0.239 e. The van der Waals surface area contributed by atoms with Gasteiger partial charge in [-0.05, 0) is 29.7 Å². The summed E-state index contributed by atoms with van der Waals surface area (Å²) in [6, 6.07) is 5.23. The van der Waals surface area contributed by atoms with E-state index in [2.05, 4.69) is 0 Å². The Morgan fingerprint density at radius 2 is 1.86 bits per heavy atom. The first-order valence-corrected chi connectivity index (χ1v) is 6.61. The molecule has 1 amide bonds. The van der Waals surface area contributed by atoms with Crippen molar-refractivity contribution in [2.45, 2.75) is 26.8 Å². The molecule has 1 aromatic carbocycles. The molecule has 4 nitrogen and oxygen atoms in total. The van der Waals surface area contributed by atoms with Crippen LogP contribution in [-0.4, -0.2) is 37.0 Å². The number of hydrogen-bond acceptors (Lipinski definition) is 3. The SMILES string of the molecule is CN(CCOc1ccc(F)cc1)C(=O)[C@@H](N)C(C)(C)C.Cl.